The minimum atomic E-state index is -3.31. The Morgan fingerprint density at radius 3 is 2.25 bits per heavy atom. The first-order chi connectivity index (χ1) is 15.4. The molecule has 2 amide bonds. The highest BCUT2D eigenvalue weighted by Crippen LogP contribution is 2.47. The van der Waals surface area contributed by atoms with Crippen LogP contribution in [0.2, 0.25) is 0 Å². The lowest BCUT2D eigenvalue weighted by atomic mass is 10.1. The zero-order chi connectivity index (χ0) is 23.4. The molecule has 0 spiro atoms. The molecule has 0 heterocycles. The third-order valence-electron chi connectivity index (χ3n) is 4.06. The second-order valence-electron chi connectivity index (χ2n) is 6.42. The number of hydrogen-bond acceptors (Lipinski definition) is 8. The van der Waals surface area contributed by atoms with Gasteiger partial charge in [-0.15, -0.1) is 4.91 Å². The van der Waals surface area contributed by atoms with Crippen molar-refractivity contribution in [3.63, 3.8) is 0 Å². The molecule has 0 aromatic heterocycles. The number of nitrogens with zero attached hydrogens (tertiary/aromatic N) is 1. The molecule has 2 aromatic carbocycles. The van der Waals surface area contributed by atoms with Crippen molar-refractivity contribution >= 4 is 36.5 Å². The fraction of sp³-hybridized carbons (Fsp3) is 0.333. The molecule has 2 rings (SSSR count). The minimum Gasteiger partial charge on any atom is -0.368 e. The first kappa shape index (κ1) is 25.4. The molecule has 172 valence electrons. The Morgan fingerprint density at radius 1 is 0.969 bits per heavy atom. The smallest absolute Gasteiger partial charge is 0.356 e. The number of amides is 2. The van der Waals surface area contributed by atoms with Crippen LogP contribution in [0.15, 0.2) is 53.7 Å². The van der Waals surface area contributed by atoms with Gasteiger partial charge in [0.05, 0.1) is 31.9 Å². The number of rotatable bonds is 13. The minimum absolute atomic E-state index is 0.0377. The number of anilines is 2. The number of para-hydroxylation sites is 1. The number of hydrogen-bond donors (Lipinski definition) is 2. The molecule has 0 atom stereocenters. The maximum absolute atomic E-state index is 12.4. The van der Waals surface area contributed by atoms with Gasteiger partial charge in [-0.05, 0) is 55.4 Å². The van der Waals surface area contributed by atoms with E-state index in [-0.39, 0.29) is 44.2 Å². The topological polar surface area (TPSA) is 132 Å². The Kier molecular flexibility index (Phi) is 10.2. The molecular formula is C21H26N3O7P. The van der Waals surface area contributed by atoms with Gasteiger partial charge in [0, 0.05) is 11.3 Å². The summed E-state index contributed by atoms with van der Waals surface area (Å²) in [6.07, 6.45) is -0.190. The molecule has 0 unspecified atom stereocenters. The summed E-state index contributed by atoms with van der Waals surface area (Å²) >= 11 is 0. The molecule has 0 bridgehead atoms. The van der Waals surface area contributed by atoms with Crippen molar-refractivity contribution in [2.24, 2.45) is 5.18 Å². The average molecular weight is 463 g/mol. The standard InChI is InChI=1S/C21H26N3O7P/c1-3-30-32(28,31-4-2)15-29-14-13-20(25)22-17-11-9-16(10-12-17)21(26)23-18-7-5-6-8-19(18)24-27/h5-12H,3-4,13-15H2,1-2H3,(H,22,25)(H,23,26). The number of carbonyl (C=O) groups excluding carboxylic acids is 2. The zero-order valence-corrected chi connectivity index (χ0v) is 18.8. The van der Waals surface area contributed by atoms with E-state index >= 15 is 0 Å². The predicted octanol–water partition coefficient (Wildman–Crippen LogP) is 4.91. The molecule has 0 aliphatic rings. The van der Waals surface area contributed by atoms with Gasteiger partial charge in [0.15, 0.2) is 0 Å². The van der Waals surface area contributed by atoms with E-state index in [1.807, 2.05) is 0 Å². The van der Waals surface area contributed by atoms with Crippen molar-refractivity contribution in [3.05, 3.63) is 59.0 Å². The summed E-state index contributed by atoms with van der Waals surface area (Å²) < 4.78 is 27.8. The highest BCUT2D eigenvalue weighted by Gasteiger charge is 2.23. The van der Waals surface area contributed by atoms with Crippen molar-refractivity contribution in [3.8, 4) is 0 Å². The Hall–Kier alpha value is -2.91. The van der Waals surface area contributed by atoms with Crippen molar-refractivity contribution in [1.29, 1.82) is 0 Å². The SMILES string of the molecule is CCOP(=O)(COCCC(=O)Nc1ccc(C(=O)Nc2ccccc2N=O)cc1)OCC. The first-order valence-electron chi connectivity index (χ1n) is 10.00. The predicted molar refractivity (Wildman–Crippen MR) is 121 cm³/mol. The van der Waals surface area contributed by atoms with Crippen LogP contribution in [0.25, 0.3) is 0 Å². The lowest BCUT2D eigenvalue weighted by Crippen LogP contribution is -2.15. The van der Waals surface area contributed by atoms with E-state index in [2.05, 4.69) is 15.8 Å². The molecule has 32 heavy (non-hydrogen) atoms. The van der Waals surface area contributed by atoms with Gasteiger partial charge in [-0.25, -0.2) is 0 Å². The van der Waals surface area contributed by atoms with Crippen LogP contribution >= 0.6 is 7.60 Å². The normalized spacial score (nSPS) is 11.1. The number of benzene rings is 2. The lowest BCUT2D eigenvalue weighted by Gasteiger charge is -2.16. The van der Waals surface area contributed by atoms with Crippen LogP contribution in [0, 0.1) is 4.91 Å². The molecule has 11 heteroatoms. The number of carbonyl (C=O) groups is 2. The summed E-state index contributed by atoms with van der Waals surface area (Å²) in [5.41, 5.74) is 1.28. The van der Waals surface area contributed by atoms with Crippen LogP contribution < -0.4 is 10.6 Å². The van der Waals surface area contributed by atoms with E-state index < -0.39 is 13.5 Å². The summed E-state index contributed by atoms with van der Waals surface area (Å²) in [6.45, 7) is 3.91. The fourth-order valence-electron chi connectivity index (χ4n) is 2.63. The number of nitroso groups, excluding NO2 is 1. The molecule has 10 nitrogen and oxygen atoms in total. The monoisotopic (exact) mass is 463 g/mol. The molecule has 0 aliphatic heterocycles. The molecule has 2 aromatic rings. The number of ether oxygens (including phenoxy) is 1. The third-order valence-corrected chi connectivity index (χ3v) is 5.86. The third kappa shape index (κ3) is 7.97. The van der Waals surface area contributed by atoms with E-state index in [0.29, 0.717) is 16.9 Å². The van der Waals surface area contributed by atoms with Crippen LogP contribution in [-0.2, 0) is 23.1 Å². The van der Waals surface area contributed by atoms with Crippen LogP contribution in [0.1, 0.15) is 30.6 Å². The summed E-state index contributed by atoms with van der Waals surface area (Å²) in [4.78, 5) is 35.3. The second-order valence-corrected chi connectivity index (χ2v) is 8.42. The van der Waals surface area contributed by atoms with Crippen LogP contribution in [-0.4, -0.2) is 38.0 Å². The lowest BCUT2D eigenvalue weighted by molar-refractivity contribution is -0.117. The fourth-order valence-corrected chi connectivity index (χ4v) is 3.99. The summed E-state index contributed by atoms with van der Waals surface area (Å²) in [5, 5.41) is 8.18. The molecule has 2 N–H and O–H groups in total. The van der Waals surface area contributed by atoms with E-state index in [1.165, 1.54) is 6.07 Å². The molecule has 0 saturated heterocycles. The number of nitrogens with one attached hydrogen (secondary N) is 2. The van der Waals surface area contributed by atoms with Gasteiger partial charge < -0.3 is 24.4 Å². The van der Waals surface area contributed by atoms with Gasteiger partial charge in [-0.3, -0.25) is 14.2 Å². The highest BCUT2D eigenvalue weighted by atomic mass is 31.2. The summed E-state index contributed by atoms with van der Waals surface area (Å²) in [5.74, 6) is -0.726. The maximum atomic E-state index is 12.4. The molecule has 0 aliphatic carbocycles. The van der Waals surface area contributed by atoms with Crippen molar-refractivity contribution in [1.82, 2.24) is 0 Å². The van der Waals surface area contributed by atoms with Crippen LogP contribution in [0.3, 0.4) is 0 Å². The van der Waals surface area contributed by atoms with Crippen molar-refractivity contribution < 1.29 is 27.9 Å². The van der Waals surface area contributed by atoms with Crippen LogP contribution in [0.5, 0.6) is 0 Å². The quantitative estimate of drug-likeness (QED) is 0.245. The second kappa shape index (κ2) is 12.8. The van der Waals surface area contributed by atoms with E-state index in [1.54, 1.807) is 56.3 Å². The molecule has 0 radical (unpaired) electrons. The van der Waals surface area contributed by atoms with E-state index in [9.17, 15) is 19.1 Å². The van der Waals surface area contributed by atoms with Crippen molar-refractivity contribution in [2.75, 3.05) is 36.8 Å². The first-order valence-corrected chi connectivity index (χ1v) is 11.7. The van der Waals surface area contributed by atoms with E-state index in [4.69, 9.17) is 13.8 Å². The van der Waals surface area contributed by atoms with Crippen molar-refractivity contribution in [2.45, 2.75) is 20.3 Å². The van der Waals surface area contributed by atoms with Gasteiger partial charge in [0.2, 0.25) is 5.91 Å². The highest BCUT2D eigenvalue weighted by molar-refractivity contribution is 7.53. The average Bonchev–Trinajstić information content (AvgIpc) is 2.78. The van der Waals surface area contributed by atoms with Gasteiger partial charge in [-0.1, -0.05) is 12.1 Å². The molecule has 0 fully saturated rings. The van der Waals surface area contributed by atoms with Gasteiger partial charge in [0.25, 0.3) is 5.91 Å². The Morgan fingerprint density at radius 2 is 1.62 bits per heavy atom. The molecular weight excluding hydrogens is 437 g/mol. The molecule has 0 saturated carbocycles. The van der Waals surface area contributed by atoms with Gasteiger partial charge in [-0.2, -0.15) is 0 Å². The Balaban J connectivity index is 1.81. The largest absolute Gasteiger partial charge is 0.368 e. The van der Waals surface area contributed by atoms with Gasteiger partial charge >= 0.3 is 7.60 Å². The zero-order valence-electron chi connectivity index (χ0n) is 17.9. The van der Waals surface area contributed by atoms with E-state index in [0.717, 1.165) is 0 Å². The van der Waals surface area contributed by atoms with Gasteiger partial charge in [0.1, 0.15) is 12.0 Å². The summed E-state index contributed by atoms with van der Waals surface area (Å²) in [7, 11) is -3.31. The van der Waals surface area contributed by atoms with Crippen LogP contribution in [0.4, 0.5) is 17.1 Å². The Bertz CT molecular complexity index is 956. The summed E-state index contributed by atoms with van der Waals surface area (Å²) in [6, 6.07) is 12.6. The Labute approximate surface area is 186 Å². The maximum Gasteiger partial charge on any atom is 0.356 e.